The van der Waals surface area contributed by atoms with E-state index in [-0.39, 0.29) is 29.0 Å². The minimum Gasteiger partial charge on any atom is -0.327 e. The molecule has 2 rings (SSSR count). The lowest BCUT2D eigenvalue weighted by atomic mass is 9.66. The van der Waals surface area contributed by atoms with Crippen LogP contribution >= 0.6 is 0 Å². The van der Waals surface area contributed by atoms with E-state index in [1.807, 2.05) is 0 Å². The van der Waals surface area contributed by atoms with Crippen LogP contribution in [0.4, 0.5) is 8.78 Å². The summed E-state index contributed by atoms with van der Waals surface area (Å²) in [4.78, 5) is 0. The lowest BCUT2D eigenvalue weighted by molar-refractivity contribution is 0.152. The summed E-state index contributed by atoms with van der Waals surface area (Å²) < 4.78 is 27.3. The fraction of sp³-hybridized carbons (Fsp3) is 0.625. The Labute approximate surface area is 114 Å². The number of benzene rings is 1. The van der Waals surface area contributed by atoms with Crippen molar-refractivity contribution < 1.29 is 8.78 Å². The molecule has 3 unspecified atom stereocenters. The third kappa shape index (κ3) is 3.14. The van der Waals surface area contributed by atoms with Gasteiger partial charge in [-0.05, 0) is 54.4 Å². The molecule has 0 heterocycles. The lowest BCUT2D eigenvalue weighted by Gasteiger charge is -2.41. The molecule has 0 amide bonds. The second-order valence-corrected chi connectivity index (χ2v) is 6.81. The van der Waals surface area contributed by atoms with Crippen molar-refractivity contribution in [3.63, 3.8) is 0 Å². The van der Waals surface area contributed by atoms with Gasteiger partial charge in [0.05, 0.1) is 0 Å². The van der Waals surface area contributed by atoms with Gasteiger partial charge in [0, 0.05) is 12.0 Å². The van der Waals surface area contributed by atoms with E-state index in [1.54, 1.807) is 0 Å². The average molecular weight is 267 g/mol. The summed E-state index contributed by atoms with van der Waals surface area (Å²) in [6.07, 6.45) is 2.78. The summed E-state index contributed by atoms with van der Waals surface area (Å²) in [6.45, 7) is 6.61. The normalized spacial score (nSPS) is 28.4. The predicted molar refractivity (Wildman–Crippen MR) is 73.9 cm³/mol. The smallest absolute Gasteiger partial charge is 0.126 e. The zero-order chi connectivity index (χ0) is 14.2. The molecule has 1 saturated carbocycles. The van der Waals surface area contributed by atoms with Gasteiger partial charge in [0.1, 0.15) is 11.6 Å². The van der Waals surface area contributed by atoms with Crippen LogP contribution in [0.5, 0.6) is 0 Å². The lowest BCUT2D eigenvalue weighted by Crippen LogP contribution is -2.38. The van der Waals surface area contributed by atoms with Gasteiger partial charge in [-0.25, -0.2) is 8.78 Å². The zero-order valence-corrected chi connectivity index (χ0v) is 11.9. The van der Waals surface area contributed by atoms with E-state index in [2.05, 4.69) is 20.8 Å². The molecular weight excluding hydrogens is 244 g/mol. The summed E-state index contributed by atoms with van der Waals surface area (Å²) in [5, 5.41) is 0. The van der Waals surface area contributed by atoms with Gasteiger partial charge < -0.3 is 5.73 Å². The Morgan fingerprint density at radius 1 is 1.16 bits per heavy atom. The molecule has 106 valence electrons. The van der Waals surface area contributed by atoms with Crippen molar-refractivity contribution in [2.24, 2.45) is 17.1 Å². The summed E-state index contributed by atoms with van der Waals surface area (Å²) in [5.74, 6) is -0.300. The minimum atomic E-state index is -0.388. The molecule has 0 saturated heterocycles. The predicted octanol–water partition coefficient (Wildman–Crippen LogP) is 4.22. The zero-order valence-electron chi connectivity index (χ0n) is 11.9. The number of hydrogen-bond donors (Lipinski definition) is 1. The maximum atomic E-state index is 13.9. The van der Waals surface area contributed by atoms with Crippen molar-refractivity contribution in [3.05, 3.63) is 35.4 Å². The number of hydrogen-bond acceptors (Lipinski definition) is 1. The highest BCUT2D eigenvalue weighted by Gasteiger charge is 2.36. The molecule has 0 bridgehead atoms. The van der Waals surface area contributed by atoms with Crippen LogP contribution in [-0.2, 0) is 0 Å². The summed E-state index contributed by atoms with van der Waals surface area (Å²) in [5.41, 5.74) is 6.77. The molecule has 19 heavy (non-hydrogen) atoms. The van der Waals surface area contributed by atoms with Gasteiger partial charge in [-0.1, -0.05) is 20.8 Å². The van der Waals surface area contributed by atoms with Crippen LogP contribution in [0.3, 0.4) is 0 Å². The Balaban J connectivity index is 2.28. The van der Waals surface area contributed by atoms with Crippen molar-refractivity contribution in [2.75, 3.05) is 0 Å². The van der Waals surface area contributed by atoms with Crippen LogP contribution in [0.25, 0.3) is 0 Å². The average Bonchev–Trinajstić information content (AvgIpc) is 2.32. The molecule has 2 N–H and O–H groups in total. The molecule has 3 atom stereocenters. The quantitative estimate of drug-likeness (QED) is 0.810. The van der Waals surface area contributed by atoms with Gasteiger partial charge >= 0.3 is 0 Å². The fourth-order valence-electron chi connectivity index (χ4n) is 3.14. The van der Waals surface area contributed by atoms with E-state index < -0.39 is 0 Å². The van der Waals surface area contributed by atoms with Crippen LogP contribution in [0.1, 0.15) is 51.5 Å². The first-order valence-electron chi connectivity index (χ1n) is 6.99. The Morgan fingerprint density at radius 2 is 1.84 bits per heavy atom. The van der Waals surface area contributed by atoms with Gasteiger partial charge in [0.2, 0.25) is 0 Å². The van der Waals surface area contributed by atoms with Crippen LogP contribution in [0.15, 0.2) is 18.2 Å². The van der Waals surface area contributed by atoms with Crippen molar-refractivity contribution in [3.8, 4) is 0 Å². The maximum absolute atomic E-state index is 13.9. The SMILES string of the molecule is CC(C)(C)C1CCC(N)C(c2cc(F)ccc2F)C1. The Kier molecular flexibility index (Phi) is 3.95. The molecular formula is C16H23F2N. The topological polar surface area (TPSA) is 26.0 Å². The Bertz CT molecular complexity index is 451. The van der Waals surface area contributed by atoms with Gasteiger partial charge in [-0.3, -0.25) is 0 Å². The van der Waals surface area contributed by atoms with Gasteiger partial charge in [0.25, 0.3) is 0 Å². The second kappa shape index (κ2) is 5.20. The van der Waals surface area contributed by atoms with E-state index in [1.165, 1.54) is 12.1 Å². The molecule has 0 radical (unpaired) electrons. The molecule has 0 aliphatic heterocycles. The standard InChI is InChI=1S/C16H23F2N/c1-16(2,3)10-4-7-15(19)13(8-10)12-9-11(17)5-6-14(12)18/h5-6,9-10,13,15H,4,7-8,19H2,1-3H3. The van der Waals surface area contributed by atoms with Crippen molar-refractivity contribution in [1.82, 2.24) is 0 Å². The third-order valence-corrected chi connectivity index (χ3v) is 4.49. The first-order valence-corrected chi connectivity index (χ1v) is 6.99. The van der Waals surface area contributed by atoms with Gasteiger partial charge in [-0.2, -0.15) is 0 Å². The van der Waals surface area contributed by atoms with Crippen LogP contribution in [0.2, 0.25) is 0 Å². The molecule has 3 heteroatoms. The molecule has 1 aliphatic rings. The molecule has 0 aromatic heterocycles. The van der Waals surface area contributed by atoms with Crippen molar-refractivity contribution >= 4 is 0 Å². The van der Waals surface area contributed by atoms with E-state index in [9.17, 15) is 8.78 Å². The number of halogens is 2. The first-order chi connectivity index (χ1) is 8.79. The minimum absolute atomic E-state index is 0.0742. The third-order valence-electron chi connectivity index (χ3n) is 4.49. The van der Waals surface area contributed by atoms with Crippen LogP contribution in [0, 0.1) is 23.0 Å². The largest absolute Gasteiger partial charge is 0.327 e. The molecule has 1 nitrogen and oxygen atoms in total. The van der Waals surface area contributed by atoms with Crippen LogP contribution in [-0.4, -0.2) is 6.04 Å². The van der Waals surface area contributed by atoms with Crippen molar-refractivity contribution in [1.29, 1.82) is 0 Å². The molecule has 1 aromatic rings. The fourth-order valence-corrected chi connectivity index (χ4v) is 3.14. The van der Waals surface area contributed by atoms with Gasteiger partial charge in [-0.15, -0.1) is 0 Å². The van der Waals surface area contributed by atoms with Gasteiger partial charge in [0.15, 0.2) is 0 Å². The Morgan fingerprint density at radius 3 is 2.47 bits per heavy atom. The molecule has 1 aromatic carbocycles. The highest BCUT2D eigenvalue weighted by molar-refractivity contribution is 5.25. The van der Waals surface area contributed by atoms with Crippen molar-refractivity contribution in [2.45, 2.75) is 52.0 Å². The van der Waals surface area contributed by atoms with E-state index in [0.29, 0.717) is 11.5 Å². The van der Waals surface area contributed by atoms with Crippen LogP contribution < -0.4 is 5.73 Å². The number of nitrogens with two attached hydrogens (primary N) is 1. The highest BCUT2D eigenvalue weighted by Crippen LogP contribution is 2.44. The van der Waals surface area contributed by atoms with E-state index >= 15 is 0 Å². The Hall–Kier alpha value is -0.960. The van der Waals surface area contributed by atoms with E-state index in [4.69, 9.17) is 5.73 Å². The summed E-state index contributed by atoms with van der Waals surface area (Å²) >= 11 is 0. The maximum Gasteiger partial charge on any atom is 0.126 e. The monoisotopic (exact) mass is 267 g/mol. The van der Waals surface area contributed by atoms with E-state index in [0.717, 1.165) is 25.3 Å². The molecule has 1 fully saturated rings. The summed E-state index contributed by atoms with van der Waals surface area (Å²) in [6, 6.07) is 3.60. The summed E-state index contributed by atoms with van der Waals surface area (Å²) in [7, 11) is 0. The molecule has 0 spiro atoms. The molecule has 1 aliphatic carbocycles. The first kappa shape index (κ1) is 14.4. The number of rotatable bonds is 1. The highest BCUT2D eigenvalue weighted by atomic mass is 19.1. The second-order valence-electron chi connectivity index (χ2n) is 6.81.